The number of hydrogen-bond donors (Lipinski definition) is 0. The molecule has 1 atom stereocenters. The van der Waals surface area contributed by atoms with Crippen LogP contribution in [-0.2, 0) is 6.54 Å². The van der Waals surface area contributed by atoms with Gasteiger partial charge in [0.2, 0.25) is 0 Å². The molecule has 1 heterocycles. The summed E-state index contributed by atoms with van der Waals surface area (Å²) in [4.78, 5) is 2.21. The van der Waals surface area contributed by atoms with Gasteiger partial charge in [-0.05, 0) is 32.5 Å². The molecule has 0 aliphatic carbocycles. The van der Waals surface area contributed by atoms with Gasteiger partial charge >= 0.3 is 0 Å². The van der Waals surface area contributed by atoms with Gasteiger partial charge in [-0.15, -0.1) is 0 Å². The largest absolute Gasteiger partial charge is 0.465 e. The molecule has 0 N–H and O–H groups in total. The van der Waals surface area contributed by atoms with Crippen LogP contribution in [0, 0.1) is 24.2 Å². The number of hydrogen-bond acceptors (Lipinski definition) is 3. The highest BCUT2D eigenvalue weighted by molar-refractivity contribution is 5.05. The van der Waals surface area contributed by atoms with E-state index in [9.17, 15) is 0 Å². The Balaban J connectivity index is 2.51. The van der Waals surface area contributed by atoms with Gasteiger partial charge in [-0.3, -0.25) is 4.90 Å². The summed E-state index contributed by atoms with van der Waals surface area (Å²) in [5.74, 6) is 1.98. The molecule has 0 saturated heterocycles. The summed E-state index contributed by atoms with van der Waals surface area (Å²) in [5.41, 5.74) is 0. The molecular formula is C12H18N2O. The molecule has 0 aliphatic rings. The van der Waals surface area contributed by atoms with Crippen molar-refractivity contribution in [2.45, 2.75) is 27.3 Å². The Morgan fingerprint density at radius 1 is 1.53 bits per heavy atom. The first-order valence-corrected chi connectivity index (χ1v) is 5.33. The lowest BCUT2D eigenvalue weighted by atomic mass is 10.2. The smallest absolute Gasteiger partial charge is 0.118 e. The van der Waals surface area contributed by atoms with Crippen molar-refractivity contribution in [3.63, 3.8) is 0 Å². The first-order valence-electron chi connectivity index (χ1n) is 5.33. The SMILES string of the molecule is CCN(Cc1ccc(C)o1)CC(C)C#N. The van der Waals surface area contributed by atoms with Crippen molar-refractivity contribution in [3.05, 3.63) is 23.7 Å². The quantitative estimate of drug-likeness (QED) is 0.743. The molecule has 1 rings (SSSR count). The summed E-state index contributed by atoms with van der Waals surface area (Å²) in [6.45, 7) is 8.50. The zero-order valence-corrected chi connectivity index (χ0v) is 9.66. The van der Waals surface area contributed by atoms with Crippen LogP contribution in [-0.4, -0.2) is 18.0 Å². The Morgan fingerprint density at radius 2 is 2.27 bits per heavy atom. The molecular weight excluding hydrogens is 188 g/mol. The highest BCUT2D eigenvalue weighted by Crippen LogP contribution is 2.10. The number of rotatable bonds is 5. The number of furan rings is 1. The normalized spacial score (nSPS) is 12.7. The van der Waals surface area contributed by atoms with Gasteiger partial charge in [0.05, 0.1) is 18.5 Å². The van der Waals surface area contributed by atoms with Crippen LogP contribution in [0.1, 0.15) is 25.4 Å². The van der Waals surface area contributed by atoms with Crippen molar-refractivity contribution < 1.29 is 4.42 Å². The molecule has 15 heavy (non-hydrogen) atoms. The van der Waals surface area contributed by atoms with Crippen LogP contribution in [0.4, 0.5) is 0 Å². The Kier molecular flexibility index (Phi) is 4.38. The number of nitriles is 1. The van der Waals surface area contributed by atoms with Crippen molar-refractivity contribution in [3.8, 4) is 6.07 Å². The summed E-state index contributed by atoms with van der Waals surface area (Å²) in [5, 5.41) is 8.75. The summed E-state index contributed by atoms with van der Waals surface area (Å²) in [6, 6.07) is 6.21. The molecule has 0 radical (unpaired) electrons. The Morgan fingerprint density at radius 3 is 2.73 bits per heavy atom. The van der Waals surface area contributed by atoms with Crippen LogP contribution in [0.25, 0.3) is 0 Å². The third-order valence-corrected chi connectivity index (χ3v) is 2.38. The lowest BCUT2D eigenvalue weighted by Gasteiger charge is -2.19. The fourth-order valence-corrected chi connectivity index (χ4v) is 1.52. The van der Waals surface area contributed by atoms with Crippen molar-refractivity contribution in [1.82, 2.24) is 4.90 Å². The Labute approximate surface area is 91.3 Å². The second kappa shape index (κ2) is 5.57. The van der Waals surface area contributed by atoms with Gasteiger partial charge in [0.25, 0.3) is 0 Å². The molecule has 0 aromatic carbocycles. The fourth-order valence-electron chi connectivity index (χ4n) is 1.52. The van der Waals surface area contributed by atoms with E-state index in [-0.39, 0.29) is 5.92 Å². The van der Waals surface area contributed by atoms with Crippen LogP contribution < -0.4 is 0 Å². The van der Waals surface area contributed by atoms with Crippen LogP contribution in [0.2, 0.25) is 0 Å². The fraction of sp³-hybridized carbons (Fsp3) is 0.583. The topological polar surface area (TPSA) is 40.2 Å². The van der Waals surface area contributed by atoms with E-state index in [0.717, 1.165) is 31.2 Å². The minimum atomic E-state index is 0.0704. The first kappa shape index (κ1) is 11.8. The van der Waals surface area contributed by atoms with E-state index in [2.05, 4.69) is 17.9 Å². The zero-order chi connectivity index (χ0) is 11.3. The predicted octanol–water partition coefficient (Wildman–Crippen LogP) is 2.57. The minimum Gasteiger partial charge on any atom is -0.465 e. The maximum atomic E-state index is 8.75. The van der Waals surface area contributed by atoms with Crippen molar-refractivity contribution in [2.24, 2.45) is 5.92 Å². The van der Waals surface area contributed by atoms with E-state index in [0.29, 0.717) is 0 Å². The van der Waals surface area contributed by atoms with Crippen molar-refractivity contribution >= 4 is 0 Å². The molecule has 0 fully saturated rings. The van der Waals surface area contributed by atoms with Gasteiger partial charge in [-0.2, -0.15) is 5.26 Å². The summed E-state index contributed by atoms with van der Waals surface area (Å²) >= 11 is 0. The molecule has 0 amide bonds. The predicted molar refractivity (Wildman–Crippen MR) is 59.2 cm³/mol. The van der Waals surface area contributed by atoms with E-state index in [1.54, 1.807) is 0 Å². The van der Waals surface area contributed by atoms with E-state index in [1.807, 2.05) is 26.0 Å². The van der Waals surface area contributed by atoms with Gasteiger partial charge < -0.3 is 4.42 Å². The minimum absolute atomic E-state index is 0.0704. The van der Waals surface area contributed by atoms with Gasteiger partial charge in [0.15, 0.2) is 0 Å². The summed E-state index contributed by atoms with van der Waals surface area (Å²) < 4.78 is 5.51. The first-order chi connectivity index (χ1) is 7.15. The molecule has 82 valence electrons. The summed E-state index contributed by atoms with van der Waals surface area (Å²) in [7, 11) is 0. The highest BCUT2D eigenvalue weighted by atomic mass is 16.3. The highest BCUT2D eigenvalue weighted by Gasteiger charge is 2.10. The molecule has 0 aliphatic heterocycles. The van der Waals surface area contributed by atoms with Gasteiger partial charge in [0.1, 0.15) is 11.5 Å². The third kappa shape index (κ3) is 3.77. The molecule has 1 unspecified atom stereocenters. The van der Waals surface area contributed by atoms with Crippen LogP contribution in [0.15, 0.2) is 16.5 Å². The van der Waals surface area contributed by atoms with Crippen molar-refractivity contribution in [1.29, 1.82) is 5.26 Å². The van der Waals surface area contributed by atoms with E-state index in [1.165, 1.54) is 0 Å². The van der Waals surface area contributed by atoms with Crippen LogP contribution in [0.3, 0.4) is 0 Å². The lowest BCUT2D eigenvalue weighted by molar-refractivity contribution is 0.238. The monoisotopic (exact) mass is 206 g/mol. The van der Waals surface area contributed by atoms with Crippen molar-refractivity contribution in [2.75, 3.05) is 13.1 Å². The maximum Gasteiger partial charge on any atom is 0.118 e. The Hall–Kier alpha value is -1.27. The molecule has 0 bridgehead atoms. The van der Waals surface area contributed by atoms with Gasteiger partial charge in [-0.25, -0.2) is 0 Å². The van der Waals surface area contributed by atoms with E-state index >= 15 is 0 Å². The van der Waals surface area contributed by atoms with Crippen LogP contribution >= 0.6 is 0 Å². The second-order valence-corrected chi connectivity index (χ2v) is 3.87. The molecule has 1 aromatic rings. The average Bonchev–Trinajstić information content (AvgIpc) is 2.62. The Bertz CT molecular complexity index is 338. The van der Waals surface area contributed by atoms with Crippen LogP contribution in [0.5, 0.6) is 0 Å². The maximum absolute atomic E-state index is 8.75. The van der Waals surface area contributed by atoms with E-state index < -0.39 is 0 Å². The van der Waals surface area contributed by atoms with Gasteiger partial charge in [-0.1, -0.05) is 6.92 Å². The zero-order valence-electron chi connectivity index (χ0n) is 9.66. The number of nitrogens with zero attached hydrogens (tertiary/aromatic N) is 2. The molecule has 1 aromatic heterocycles. The summed E-state index contributed by atoms with van der Waals surface area (Å²) in [6.07, 6.45) is 0. The second-order valence-electron chi connectivity index (χ2n) is 3.87. The molecule has 3 nitrogen and oxygen atoms in total. The molecule has 0 saturated carbocycles. The number of aryl methyl sites for hydroxylation is 1. The van der Waals surface area contributed by atoms with E-state index in [4.69, 9.17) is 9.68 Å². The lowest BCUT2D eigenvalue weighted by Crippen LogP contribution is -2.27. The average molecular weight is 206 g/mol. The molecule has 0 spiro atoms. The molecule has 3 heteroatoms. The standard InChI is InChI=1S/C12H18N2O/c1-4-14(8-10(2)7-13)9-12-6-5-11(3)15-12/h5-6,10H,4,8-9H2,1-3H3. The van der Waals surface area contributed by atoms with Gasteiger partial charge in [0, 0.05) is 6.54 Å². The third-order valence-electron chi connectivity index (χ3n) is 2.38.